The van der Waals surface area contributed by atoms with Gasteiger partial charge < -0.3 is 4.74 Å². The molecule has 0 atom stereocenters. The molecule has 4 nitrogen and oxygen atoms in total. The molecule has 0 aromatic rings. The Bertz CT molecular complexity index is 220. The average Bonchev–Trinajstić information content (AvgIpc) is 2.11. The fraction of sp³-hybridized carbons (Fsp3) is 0.700. The normalized spacial score (nSPS) is 9.57. The van der Waals surface area contributed by atoms with Gasteiger partial charge in [0.1, 0.15) is 0 Å². The summed E-state index contributed by atoms with van der Waals surface area (Å²) < 4.78 is 4.14. The summed E-state index contributed by atoms with van der Waals surface area (Å²) in [5, 5.41) is 0. The molecular formula is C10H16O4. The molecule has 0 fully saturated rings. The summed E-state index contributed by atoms with van der Waals surface area (Å²) >= 11 is 0. The Morgan fingerprint density at radius 3 is 2.21 bits per heavy atom. The van der Waals surface area contributed by atoms with Gasteiger partial charge in [0.25, 0.3) is 0 Å². The molecule has 0 aliphatic carbocycles. The van der Waals surface area contributed by atoms with Gasteiger partial charge in [-0.15, -0.1) is 0 Å². The van der Waals surface area contributed by atoms with Crippen molar-refractivity contribution in [2.24, 2.45) is 0 Å². The summed E-state index contributed by atoms with van der Waals surface area (Å²) in [5.74, 6) is -2.39. The highest BCUT2D eigenvalue weighted by atomic mass is 16.6. The summed E-state index contributed by atoms with van der Waals surface area (Å²) in [7, 11) is 0. The number of carbonyl (C=O) groups is 3. The Labute approximate surface area is 83.6 Å². The van der Waals surface area contributed by atoms with Crippen molar-refractivity contribution in [1.82, 2.24) is 0 Å². The van der Waals surface area contributed by atoms with Crippen molar-refractivity contribution in [2.75, 3.05) is 0 Å². The molecule has 0 amide bonds. The lowest BCUT2D eigenvalue weighted by Gasteiger charge is -1.99. The Morgan fingerprint density at radius 2 is 1.71 bits per heavy atom. The minimum absolute atomic E-state index is 0.173. The number of ether oxygens (including phenoxy) is 1. The number of Topliss-reactive ketones (excluding diaryl/α,β-unsaturated/α-hetero) is 1. The van der Waals surface area contributed by atoms with E-state index < -0.39 is 17.7 Å². The molecule has 0 aliphatic rings. The lowest BCUT2D eigenvalue weighted by Crippen LogP contribution is -2.19. The molecule has 80 valence electrons. The molecule has 0 heterocycles. The average molecular weight is 200 g/mol. The zero-order valence-corrected chi connectivity index (χ0v) is 8.67. The first-order valence-electron chi connectivity index (χ1n) is 4.83. The van der Waals surface area contributed by atoms with Gasteiger partial charge in [-0.25, -0.2) is 4.79 Å². The van der Waals surface area contributed by atoms with E-state index in [0.29, 0.717) is 6.42 Å². The fourth-order valence-corrected chi connectivity index (χ4v) is 1.00. The van der Waals surface area contributed by atoms with Gasteiger partial charge in [-0.1, -0.05) is 26.2 Å². The van der Waals surface area contributed by atoms with E-state index in [2.05, 4.69) is 11.7 Å². The highest BCUT2D eigenvalue weighted by Crippen LogP contribution is 2.03. The number of carbonyl (C=O) groups excluding carboxylic acids is 3. The predicted molar refractivity (Wildman–Crippen MR) is 50.5 cm³/mol. The maximum atomic E-state index is 11.0. The van der Waals surface area contributed by atoms with E-state index in [1.807, 2.05) is 0 Å². The first-order valence-corrected chi connectivity index (χ1v) is 4.83. The van der Waals surface area contributed by atoms with Gasteiger partial charge in [0.2, 0.25) is 5.78 Å². The number of rotatable bonds is 6. The van der Waals surface area contributed by atoms with E-state index in [4.69, 9.17) is 0 Å². The Hall–Kier alpha value is -1.19. The van der Waals surface area contributed by atoms with Gasteiger partial charge in [-0.3, -0.25) is 9.59 Å². The number of ketones is 1. The Balaban J connectivity index is 3.63. The van der Waals surface area contributed by atoms with E-state index in [1.165, 1.54) is 0 Å². The smallest absolute Gasteiger partial charge is 0.382 e. The molecule has 0 aromatic carbocycles. The van der Waals surface area contributed by atoms with Crippen LogP contribution in [0.1, 0.15) is 46.0 Å². The summed E-state index contributed by atoms with van der Waals surface area (Å²) in [6, 6.07) is 0. The molecule has 0 bridgehead atoms. The van der Waals surface area contributed by atoms with E-state index in [1.54, 1.807) is 0 Å². The number of hydrogen-bond donors (Lipinski definition) is 0. The second kappa shape index (κ2) is 7.24. The Morgan fingerprint density at radius 1 is 1.07 bits per heavy atom. The van der Waals surface area contributed by atoms with Gasteiger partial charge in [-0.2, -0.15) is 0 Å². The first-order chi connectivity index (χ1) is 6.57. The van der Waals surface area contributed by atoms with E-state index in [9.17, 15) is 14.4 Å². The molecule has 0 spiro atoms. The second-order valence-corrected chi connectivity index (χ2v) is 3.11. The van der Waals surface area contributed by atoms with E-state index >= 15 is 0 Å². The zero-order valence-electron chi connectivity index (χ0n) is 8.67. The van der Waals surface area contributed by atoms with Crippen LogP contribution in [0, 0.1) is 0 Å². The molecule has 0 saturated carbocycles. The van der Waals surface area contributed by atoms with Crippen molar-refractivity contribution in [2.45, 2.75) is 46.0 Å². The van der Waals surface area contributed by atoms with Crippen LogP contribution in [0.4, 0.5) is 0 Å². The van der Waals surface area contributed by atoms with Crippen LogP contribution in [0.5, 0.6) is 0 Å². The van der Waals surface area contributed by atoms with E-state index in [-0.39, 0.29) is 6.42 Å². The van der Waals surface area contributed by atoms with Crippen LogP contribution >= 0.6 is 0 Å². The van der Waals surface area contributed by atoms with Crippen molar-refractivity contribution >= 4 is 17.7 Å². The SMILES string of the molecule is CCCCCCC(=O)C(=O)OC(C)=O. The quantitative estimate of drug-likeness (QED) is 0.283. The fourth-order valence-electron chi connectivity index (χ4n) is 1.00. The summed E-state index contributed by atoms with van der Waals surface area (Å²) in [5.41, 5.74) is 0. The number of hydrogen-bond acceptors (Lipinski definition) is 4. The van der Waals surface area contributed by atoms with Gasteiger partial charge >= 0.3 is 11.9 Å². The standard InChI is InChI=1S/C10H16O4/c1-3-4-5-6-7-9(12)10(13)14-8(2)11/h3-7H2,1-2H3. The largest absolute Gasteiger partial charge is 0.387 e. The van der Waals surface area contributed by atoms with Crippen molar-refractivity contribution in [3.8, 4) is 0 Å². The zero-order chi connectivity index (χ0) is 11.0. The lowest BCUT2D eigenvalue weighted by molar-refractivity contribution is -0.163. The maximum Gasteiger partial charge on any atom is 0.382 e. The van der Waals surface area contributed by atoms with Crippen LogP contribution in [-0.4, -0.2) is 17.7 Å². The maximum absolute atomic E-state index is 11.0. The van der Waals surface area contributed by atoms with Crippen LogP contribution in [0.15, 0.2) is 0 Å². The topological polar surface area (TPSA) is 60.4 Å². The van der Waals surface area contributed by atoms with Crippen LogP contribution in [-0.2, 0) is 19.1 Å². The second-order valence-electron chi connectivity index (χ2n) is 3.11. The summed E-state index contributed by atoms with van der Waals surface area (Å²) in [6.45, 7) is 3.16. The van der Waals surface area contributed by atoms with Crippen molar-refractivity contribution in [3.05, 3.63) is 0 Å². The van der Waals surface area contributed by atoms with Crippen molar-refractivity contribution in [3.63, 3.8) is 0 Å². The van der Waals surface area contributed by atoms with Crippen molar-refractivity contribution < 1.29 is 19.1 Å². The molecule has 0 rings (SSSR count). The molecule has 4 heteroatoms. The molecule has 0 N–H and O–H groups in total. The third-order valence-corrected chi connectivity index (χ3v) is 1.72. The minimum atomic E-state index is -1.03. The first kappa shape index (κ1) is 12.8. The highest BCUT2D eigenvalue weighted by molar-refractivity contribution is 6.35. The number of esters is 2. The lowest BCUT2D eigenvalue weighted by atomic mass is 10.1. The highest BCUT2D eigenvalue weighted by Gasteiger charge is 2.16. The molecule has 0 unspecified atom stereocenters. The van der Waals surface area contributed by atoms with Crippen LogP contribution in [0.2, 0.25) is 0 Å². The number of unbranched alkanes of at least 4 members (excludes halogenated alkanes) is 3. The Kier molecular flexibility index (Phi) is 6.62. The van der Waals surface area contributed by atoms with Gasteiger partial charge in [0.05, 0.1) is 0 Å². The predicted octanol–water partition coefficient (Wildman–Crippen LogP) is 1.62. The molecular weight excluding hydrogens is 184 g/mol. The molecule has 0 radical (unpaired) electrons. The third kappa shape index (κ3) is 6.34. The monoisotopic (exact) mass is 200 g/mol. The van der Waals surface area contributed by atoms with Gasteiger partial charge in [0.15, 0.2) is 0 Å². The van der Waals surface area contributed by atoms with E-state index in [0.717, 1.165) is 26.2 Å². The minimum Gasteiger partial charge on any atom is -0.387 e. The third-order valence-electron chi connectivity index (χ3n) is 1.72. The molecule has 0 aromatic heterocycles. The van der Waals surface area contributed by atoms with Gasteiger partial charge in [-0.05, 0) is 6.42 Å². The summed E-state index contributed by atoms with van der Waals surface area (Å²) in [4.78, 5) is 32.2. The van der Waals surface area contributed by atoms with Crippen LogP contribution in [0.25, 0.3) is 0 Å². The molecule has 14 heavy (non-hydrogen) atoms. The van der Waals surface area contributed by atoms with Crippen molar-refractivity contribution in [1.29, 1.82) is 0 Å². The van der Waals surface area contributed by atoms with Crippen LogP contribution < -0.4 is 0 Å². The van der Waals surface area contributed by atoms with Crippen LogP contribution in [0.3, 0.4) is 0 Å². The molecule has 0 aliphatic heterocycles. The molecule has 0 saturated heterocycles. The van der Waals surface area contributed by atoms with Gasteiger partial charge in [0, 0.05) is 13.3 Å². The summed E-state index contributed by atoms with van der Waals surface area (Å²) in [6.07, 6.45) is 3.91.